The van der Waals surface area contributed by atoms with Crippen molar-refractivity contribution in [1.82, 2.24) is 4.98 Å². The predicted octanol–water partition coefficient (Wildman–Crippen LogP) is 3.37. The molecule has 23 heavy (non-hydrogen) atoms. The highest BCUT2D eigenvalue weighted by molar-refractivity contribution is 6.03. The first kappa shape index (κ1) is 13.6. The molecule has 1 aromatic heterocycles. The van der Waals surface area contributed by atoms with Gasteiger partial charge in [0.05, 0.1) is 16.8 Å². The summed E-state index contributed by atoms with van der Waals surface area (Å²) in [6.07, 6.45) is 0. The normalized spacial score (nSPS) is 13.0. The number of aromatic carboxylic acids is 1. The second kappa shape index (κ2) is 5.28. The molecule has 0 aliphatic carbocycles. The zero-order chi connectivity index (χ0) is 15.8. The number of rotatable bonds is 2. The van der Waals surface area contributed by atoms with Gasteiger partial charge in [0.1, 0.15) is 13.2 Å². The van der Waals surface area contributed by atoms with Crippen LogP contribution in [0.5, 0.6) is 11.5 Å². The number of hydrogen-bond acceptors (Lipinski definition) is 4. The molecule has 1 N–H and O–H groups in total. The van der Waals surface area contributed by atoms with E-state index in [9.17, 15) is 9.90 Å². The second-order valence-corrected chi connectivity index (χ2v) is 5.24. The van der Waals surface area contributed by atoms with E-state index in [0.717, 1.165) is 5.56 Å². The minimum Gasteiger partial charge on any atom is -0.486 e. The standard InChI is InChI=1S/C18H13NO4/c20-18(21)13-10-15(19-14-4-2-1-3-12(13)14)11-5-6-16-17(9-11)23-8-7-22-16/h1-6,9-10H,7-8H2,(H,20,21). The first-order valence-corrected chi connectivity index (χ1v) is 7.25. The fourth-order valence-electron chi connectivity index (χ4n) is 2.70. The molecule has 0 radical (unpaired) electrons. The van der Waals surface area contributed by atoms with Crippen LogP contribution in [-0.2, 0) is 0 Å². The summed E-state index contributed by atoms with van der Waals surface area (Å²) in [7, 11) is 0. The lowest BCUT2D eigenvalue weighted by molar-refractivity contribution is 0.0699. The van der Waals surface area contributed by atoms with Crippen LogP contribution in [0, 0.1) is 0 Å². The zero-order valence-corrected chi connectivity index (χ0v) is 12.2. The van der Waals surface area contributed by atoms with Crippen molar-refractivity contribution in [3.63, 3.8) is 0 Å². The van der Waals surface area contributed by atoms with E-state index in [1.165, 1.54) is 0 Å². The van der Waals surface area contributed by atoms with Gasteiger partial charge in [-0.1, -0.05) is 18.2 Å². The van der Waals surface area contributed by atoms with E-state index in [2.05, 4.69) is 4.98 Å². The molecule has 0 spiro atoms. The van der Waals surface area contributed by atoms with E-state index in [1.54, 1.807) is 18.2 Å². The summed E-state index contributed by atoms with van der Waals surface area (Å²) >= 11 is 0. The molecule has 0 fully saturated rings. The largest absolute Gasteiger partial charge is 0.486 e. The van der Waals surface area contributed by atoms with Crippen molar-refractivity contribution in [3.05, 3.63) is 54.1 Å². The Morgan fingerprint density at radius 1 is 1.00 bits per heavy atom. The van der Waals surface area contributed by atoms with Gasteiger partial charge < -0.3 is 14.6 Å². The number of carboxylic acid groups (broad SMARTS) is 1. The third kappa shape index (κ3) is 2.36. The minimum absolute atomic E-state index is 0.237. The Balaban J connectivity index is 1.90. The number of fused-ring (bicyclic) bond motifs is 2. The Bertz CT molecular complexity index is 920. The molecule has 4 rings (SSSR count). The summed E-state index contributed by atoms with van der Waals surface area (Å²) in [6, 6.07) is 14.3. The second-order valence-electron chi connectivity index (χ2n) is 5.24. The van der Waals surface area contributed by atoms with E-state index in [1.807, 2.05) is 30.3 Å². The molecule has 1 aliphatic heterocycles. The van der Waals surface area contributed by atoms with Gasteiger partial charge in [0.25, 0.3) is 0 Å². The number of pyridine rings is 1. The molecule has 3 aromatic rings. The van der Waals surface area contributed by atoms with Crippen LogP contribution < -0.4 is 9.47 Å². The molecular weight excluding hydrogens is 294 g/mol. The van der Waals surface area contributed by atoms with Gasteiger partial charge in [-0.2, -0.15) is 0 Å². The van der Waals surface area contributed by atoms with Gasteiger partial charge in [0.2, 0.25) is 0 Å². The van der Waals surface area contributed by atoms with Gasteiger partial charge in [-0.3, -0.25) is 0 Å². The van der Waals surface area contributed by atoms with Gasteiger partial charge in [0, 0.05) is 10.9 Å². The Hall–Kier alpha value is -3.08. The maximum Gasteiger partial charge on any atom is 0.336 e. The Morgan fingerprint density at radius 2 is 1.78 bits per heavy atom. The number of carboxylic acids is 1. The number of aromatic nitrogens is 1. The lowest BCUT2D eigenvalue weighted by atomic mass is 10.0. The summed E-state index contributed by atoms with van der Waals surface area (Å²) < 4.78 is 11.1. The van der Waals surface area contributed by atoms with Crippen LogP contribution in [0.2, 0.25) is 0 Å². The van der Waals surface area contributed by atoms with Gasteiger partial charge in [-0.15, -0.1) is 0 Å². The van der Waals surface area contributed by atoms with Crippen LogP contribution in [0.1, 0.15) is 10.4 Å². The van der Waals surface area contributed by atoms with Gasteiger partial charge in [-0.25, -0.2) is 9.78 Å². The fraction of sp³-hybridized carbons (Fsp3) is 0.111. The van der Waals surface area contributed by atoms with Crippen molar-refractivity contribution >= 4 is 16.9 Å². The maximum atomic E-state index is 11.6. The minimum atomic E-state index is -0.970. The molecular formula is C18H13NO4. The van der Waals surface area contributed by atoms with Crippen LogP contribution in [0.4, 0.5) is 0 Å². The molecule has 5 nitrogen and oxygen atoms in total. The summed E-state index contributed by atoms with van der Waals surface area (Å²) in [5, 5.41) is 10.1. The van der Waals surface area contributed by atoms with Crippen LogP contribution in [0.3, 0.4) is 0 Å². The molecule has 0 saturated carbocycles. The molecule has 0 bridgehead atoms. The zero-order valence-electron chi connectivity index (χ0n) is 12.2. The topological polar surface area (TPSA) is 68.7 Å². The number of carbonyl (C=O) groups is 1. The molecule has 0 atom stereocenters. The third-order valence-electron chi connectivity index (χ3n) is 3.78. The Kier molecular flexibility index (Phi) is 3.12. The molecule has 5 heteroatoms. The van der Waals surface area contributed by atoms with E-state index in [0.29, 0.717) is 41.3 Å². The average molecular weight is 307 g/mol. The lowest BCUT2D eigenvalue weighted by Gasteiger charge is -2.19. The number of para-hydroxylation sites is 1. The molecule has 114 valence electrons. The van der Waals surface area contributed by atoms with Crippen LogP contribution >= 0.6 is 0 Å². The SMILES string of the molecule is O=C(O)c1cc(-c2ccc3c(c2)OCCO3)nc2ccccc12. The number of benzene rings is 2. The maximum absolute atomic E-state index is 11.6. The lowest BCUT2D eigenvalue weighted by Crippen LogP contribution is -2.15. The average Bonchev–Trinajstić information content (AvgIpc) is 2.60. The quantitative estimate of drug-likeness (QED) is 0.786. The first-order chi connectivity index (χ1) is 11.2. The smallest absolute Gasteiger partial charge is 0.336 e. The van der Waals surface area contributed by atoms with E-state index < -0.39 is 5.97 Å². The molecule has 1 aliphatic rings. The molecule has 2 heterocycles. The molecule has 0 unspecified atom stereocenters. The van der Waals surface area contributed by atoms with E-state index in [-0.39, 0.29) is 5.56 Å². The van der Waals surface area contributed by atoms with Crippen molar-refractivity contribution in [2.45, 2.75) is 0 Å². The molecule has 0 amide bonds. The van der Waals surface area contributed by atoms with Crippen molar-refractivity contribution in [1.29, 1.82) is 0 Å². The number of nitrogens with zero attached hydrogens (tertiary/aromatic N) is 1. The molecule has 2 aromatic carbocycles. The molecule has 0 saturated heterocycles. The van der Waals surface area contributed by atoms with Crippen molar-refractivity contribution < 1.29 is 19.4 Å². The highest BCUT2D eigenvalue weighted by Gasteiger charge is 2.16. The van der Waals surface area contributed by atoms with Gasteiger partial charge in [-0.05, 0) is 30.3 Å². The predicted molar refractivity (Wildman–Crippen MR) is 85.1 cm³/mol. The van der Waals surface area contributed by atoms with Gasteiger partial charge in [0.15, 0.2) is 11.5 Å². The highest BCUT2D eigenvalue weighted by Crippen LogP contribution is 2.35. The summed E-state index contributed by atoms with van der Waals surface area (Å²) in [6.45, 7) is 1.03. The Labute approximate surface area is 132 Å². The van der Waals surface area contributed by atoms with Crippen molar-refractivity contribution in [3.8, 4) is 22.8 Å². The Morgan fingerprint density at radius 3 is 2.61 bits per heavy atom. The van der Waals surface area contributed by atoms with Crippen molar-refractivity contribution in [2.75, 3.05) is 13.2 Å². The summed E-state index contributed by atoms with van der Waals surface area (Å²) in [5.74, 6) is 0.377. The highest BCUT2D eigenvalue weighted by atomic mass is 16.6. The van der Waals surface area contributed by atoms with E-state index >= 15 is 0 Å². The number of ether oxygens (including phenoxy) is 2. The first-order valence-electron chi connectivity index (χ1n) is 7.25. The van der Waals surface area contributed by atoms with Crippen molar-refractivity contribution in [2.24, 2.45) is 0 Å². The van der Waals surface area contributed by atoms with Crippen LogP contribution in [0.15, 0.2) is 48.5 Å². The summed E-state index contributed by atoms with van der Waals surface area (Å²) in [5.41, 5.74) is 2.28. The van der Waals surface area contributed by atoms with Crippen LogP contribution in [-0.4, -0.2) is 29.3 Å². The monoisotopic (exact) mass is 307 g/mol. The third-order valence-corrected chi connectivity index (χ3v) is 3.78. The van der Waals surface area contributed by atoms with Crippen LogP contribution in [0.25, 0.3) is 22.2 Å². The van der Waals surface area contributed by atoms with Gasteiger partial charge >= 0.3 is 5.97 Å². The fourth-order valence-corrected chi connectivity index (χ4v) is 2.70. The number of hydrogen-bond donors (Lipinski definition) is 1. The summed E-state index contributed by atoms with van der Waals surface area (Å²) in [4.78, 5) is 16.1. The van der Waals surface area contributed by atoms with E-state index in [4.69, 9.17) is 9.47 Å².